The van der Waals surface area contributed by atoms with Gasteiger partial charge in [0.25, 0.3) is 5.91 Å². The van der Waals surface area contributed by atoms with Gasteiger partial charge in [0.05, 0.1) is 18.1 Å². The van der Waals surface area contributed by atoms with Crippen molar-refractivity contribution in [1.82, 2.24) is 10.0 Å². The SMILES string of the molecule is O=C1/C(=C/c2ccccc2)SC(=S)N1N1CCOCC1. The zero-order chi connectivity index (χ0) is 13.9. The monoisotopic (exact) mass is 306 g/mol. The molecule has 6 heteroatoms. The summed E-state index contributed by atoms with van der Waals surface area (Å²) >= 11 is 6.69. The van der Waals surface area contributed by atoms with Crippen LogP contribution in [0.3, 0.4) is 0 Å². The summed E-state index contributed by atoms with van der Waals surface area (Å²) in [6.45, 7) is 2.67. The van der Waals surface area contributed by atoms with E-state index in [1.54, 1.807) is 5.01 Å². The van der Waals surface area contributed by atoms with E-state index in [1.165, 1.54) is 11.8 Å². The molecule has 1 aromatic rings. The van der Waals surface area contributed by atoms with E-state index in [9.17, 15) is 4.79 Å². The van der Waals surface area contributed by atoms with E-state index in [2.05, 4.69) is 0 Å². The Labute approximate surface area is 127 Å². The minimum absolute atomic E-state index is 0.0363. The number of hydrogen-bond acceptors (Lipinski definition) is 5. The first-order chi connectivity index (χ1) is 9.75. The van der Waals surface area contributed by atoms with E-state index in [4.69, 9.17) is 17.0 Å². The first-order valence-corrected chi connectivity index (χ1v) is 7.64. The molecule has 3 rings (SSSR count). The highest BCUT2D eigenvalue weighted by Gasteiger charge is 2.36. The smallest absolute Gasteiger partial charge is 0.280 e. The summed E-state index contributed by atoms with van der Waals surface area (Å²) in [4.78, 5) is 13.2. The molecule has 0 bridgehead atoms. The Hall–Kier alpha value is -1.21. The van der Waals surface area contributed by atoms with Crippen LogP contribution in [0.4, 0.5) is 0 Å². The van der Waals surface area contributed by atoms with Crippen molar-refractivity contribution >= 4 is 40.3 Å². The molecule has 0 atom stereocenters. The number of thioether (sulfide) groups is 1. The van der Waals surface area contributed by atoms with Crippen LogP contribution in [0.15, 0.2) is 35.2 Å². The van der Waals surface area contributed by atoms with E-state index >= 15 is 0 Å². The number of nitrogens with zero attached hydrogens (tertiary/aromatic N) is 2. The number of benzene rings is 1. The molecule has 2 aliphatic rings. The Morgan fingerprint density at radius 2 is 1.90 bits per heavy atom. The maximum atomic E-state index is 12.5. The van der Waals surface area contributed by atoms with Gasteiger partial charge in [-0.15, -0.1) is 0 Å². The quantitative estimate of drug-likeness (QED) is 0.617. The van der Waals surface area contributed by atoms with E-state index in [0.29, 0.717) is 35.5 Å². The van der Waals surface area contributed by atoms with Crippen LogP contribution in [0, 0.1) is 0 Å². The predicted molar refractivity (Wildman–Crippen MR) is 83.8 cm³/mol. The largest absolute Gasteiger partial charge is 0.379 e. The van der Waals surface area contributed by atoms with Crippen LogP contribution in [0.2, 0.25) is 0 Å². The Kier molecular flexibility index (Phi) is 4.16. The van der Waals surface area contributed by atoms with E-state index in [-0.39, 0.29) is 5.91 Å². The van der Waals surface area contributed by atoms with E-state index in [0.717, 1.165) is 5.56 Å². The summed E-state index contributed by atoms with van der Waals surface area (Å²) in [5.74, 6) is -0.0363. The number of rotatable bonds is 2. The zero-order valence-electron chi connectivity index (χ0n) is 10.8. The second-order valence-electron chi connectivity index (χ2n) is 4.47. The van der Waals surface area contributed by atoms with Crippen LogP contribution in [0.5, 0.6) is 0 Å². The summed E-state index contributed by atoms with van der Waals surface area (Å²) in [5.41, 5.74) is 1.01. The minimum atomic E-state index is -0.0363. The van der Waals surface area contributed by atoms with Crippen molar-refractivity contribution < 1.29 is 9.53 Å². The van der Waals surface area contributed by atoms with Gasteiger partial charge in [0, 0.05) is 13.1 Å². The van der Waals surface area contributed by atoms with Crippen LogP contribution >= 0.6 is 24.0 Å². The lowest BCUT2D eigenvalue weighted by Gasteiger charge is -2.33. The fourth-order valence-corrected chi connectivity index (χ4v) is 3.47. The Balaban J connectivity index is 1.81. The van der Waals surface area contributed by atoms with Gasteiger partial charge >= 0.3 is 0 Å². The molecule has 20 heavy (non-hydrogen) atoms. The maximum absolute atomic E-state index is 12.5. The molecule has 0 radical (unpaired) electrons. The lowest BCUT2D eigenvalue weighted by Crippen LogP contribution is -2.50. The highest BCUT2D eigenvalue weighted by Crippen LogP contribution is 2.33. The average molecular weight is 306 g/mol. The summed E-state index contributed by atoms with van der Waals surface area (Å²) in [6, 6.07) is 9.81. The molecule has 2 heterocycles. The molecular weight excluding hydrogens is 292 g/mol. The Morgan fingerprint density at radius 3 is 2.60 bits per heavy atom. The predicted octanol–water partition coefficient (Wildman–Crippen LogP) is 2.13. The van der Waals surface area contributed by atoms with Crippen molar-refractivity contribution in [2.24, 2.45) is 0 Å². The molecule has 2 aliphatic heterocycles. The third-order valence-electron chi connectivity index (χ3n) is 3.14. The number of carbonyl (C=O) groups excluding carboxylic acids is 1. The standard InChI is InChI=1S/C14H14N2O2S2/c17-13-12(10-11-4-2-1-3-5-11)20-14(19)16(13)15-6-8-18-9-7-15/h1-5,10H,6-9H2/b12-10-. The van der Waals surface area contributed by atoms with Crippen LogP contribution in [-0.2, 0) is 9.53 Å². The van der Waals surface area contributed by atoms with Crippen molar-refractivity contribution in [3.8, 4) is 0 Å². The number of ether oxygens (including phenoxy) is 1. The number of morpholine rings is 1. The molecule has 1 aromatic carbocycles. The molecule has 4 nitrogen and oxygen atoms in total. The van der Waals surface area contributed by atoms with Crippen molar-refractivity contribution in [3.63, 3.8) is 0 Å². The molecule has 2 saturated heterocycles. The van der Waals surface area contributed by atoms with Gasteiger partial charge in [-0.1, -0.05) is 54.3 Å². The van der Waals surface area contributed by atoms with Gasteiger partial charge < -0.3 is 4.74 Å². The fourth-order valence-electron chi connectivity index (χ4n) is 2.16. The van der Waals surface area contributed by atoms with Crippen LogP contribution in [0.25, 0.3) is 6.08 Å². The van der Waals surface area contributed by atoms with Gasteiger partial charge in [0.2, 0.25) is 0 Å². The molecule has 0 N–H and O–H groups in total. The highest BCUT2D eigenvalue weighted by molar-refractivity contribution is 8.26. The van der Waals surface area contributed by atoms with Gasteiger partial charge in [-0.05, 0) is 11.6 Å². The Morgan fingerprint density at radius 1 is 1.20 bits per heavy atom. The van der Waals surface area contributed by atoms with Crippen molar-refractivity contribution in [2.45, 2.75) is 0 Å². The second kappa shape index (κ2) is 6.05. The molecule has 1 amide bonds. The van der Waals surface area contributed by atoms with Gasteiger partial charge in [0.15, 0.2) is 4.32 Å². The minimum Gasteiger partial charge on any atom is -0.379 e. The molecular formula is C14H14N2O2S2. The average Bonchev–Trinajstić information content (AvgIpc) is 2.75. The number of thiocarbonyl (C=S) groups is 1. The van der Waals surface area contributed by atoms with Gasteiger partial charge in [-0.25, -0.2) is 10.0 Å². The molecule has 0 saturated carbocycles. The number of carbonyl (C=O) groups is 1. The first-order valence-electron chi connectivity index (χ1n) is 6.41. The van der Waals surface area contributed by atoms with Crippen molar-refractivity contribution in [1.29, 1.82) is 0 Å². The molecule has 0 aromatic heterocycles. The van der Waals surface area contributed by atoms with E-state index < -0.39 is 0 Å². The molecule has 0 aliphatic carbocycles. The van der Waals surface area contributed by atoms with Crippen LogP contribution < -0.4 is 0 Å². The van der Waals surface area contributed by atoms with E-state index in [1.807, 2.05) is 41.4 Å². The lowest BCUT2D eigenvalue weighted by atomic mass is 10.2. The fraction of sp³-hybridized carbons (Fsp3) is 0.286. The lowest BCUT2D eigenvalue weighted by molar-refractivity contribution is -0.138. The Bertz CT molecular complexity index is 554. The number of amides is 1. The van der Waals surface area contributed by atoms with Gasteiger partial charge in [-0.2, -0.15) is 0 Å². The van der Waals surface area contributed by atoms with Gasteiger partial charge in [-0.3, -0.25) is 4.79 Å². The maximum Gasteiger partial charge on any atom is 0.280 e. The van der Waals surface area contributed by atoms with Crippen molar-refractivity contribution in [3.05, 3.63) is 40.8 Å². The third-order valence-corrected chi connectivity index (χ3v) is 4.42. The topological polar surface area (TPSA) is 32.8 Å². The zero-order valence-corrected chi connectivity index (χ0v) is 12.5. The second-order valence-corrected chi connectivity index (χ2v) is 6.15. The first kappa shape index (κ1) is 13.8. The number of hydrazine groups is 1. The summed E-state index contributed by atoms with van der Waals surface area (Å²) < 4.78 is 5.90. The van der Waals surface area contributed by atoms with Crippen LogP contribution in [-0.4, -0.2) is 46.5 Å². The van der Waals surface area contributed by atoms with Crippen molar-refractivity contribution in [2.75, 3.05) is 26.3 Å². The molecule has 0 unspecified atom stereocenters. The highest BCUT2D eigenvalue weighted by atomic mass is 32.2. The molecule has 0 spiro atoms. The normalized spacial score (nSPS) is 22.8. The molecule has 2 fully saturated rings. The molecule has 104 valence electrons. The summed E-state index contributed by atoms with van der Waals surface area (Å²) in [6.07, 6.45) is 1.89. The van der Waals surface area contributed by atoms with Gasteiger partial charge in [0.1, 0.15) is 0 Å². The summed E-state index contributed by atoms with van der Waals surface area (Å²) in [7, 11) is 0. The third kappa shape index (κ3) is 2.78. The summed E-state index contributed by atoms with van der Waals surface area (Å²) in [5, 5.41) is 3.57. The number of hydrogen-bond donors (Lipinski definition) is 0. The van der Waals surface area contributed by atoms with Crippen LogP contribution in [0.1, 0.15) is 5.56 Å².